The lowest BCUT2D eigenvalue weighted by Crippen LogP contribution is -2.44. The average Bonchev–Trinajstić information content (AvgIpc) is 3.02. The highest BCUT2D eigenvalue weighted by molar-refractivity contribution is 6.33. The second kappa shape index (κ2) is 12.6. The first kappa shape index (κ1) is 30.1. The zero-order chi connectivity index (χ0) is 31.0. The number of hydrogen-bond acceptors (Lipinski definition) is 7. The number of carbonyl (C=O) groups is 1. The minimum Gasteiger partial charge on any atom is -0.369 e. The Bertz CT molecular complexity index is 1760. The molecule has 2 aromatic heterocycles. The second-order valence-electron chi connectivity index (χ2n) is 12.0. The first-order chi connectivity index (χ1) is 21.2. The molecular weight excluding hydrogens is 574 g/mol. The van der Waals surface area contributed by atoms with Gasteiger partial charge in [0.25, 0.3) is 5.56 Å². The summed E-state index contributed by atoms with van der Waals surface area (Å²) in [6, 6.07) is 13.5. The molecule has 1 amide bonds. The van der Waals surface area contributed by atoms with Crippen LogP contribution in [0.1, 0.15) is 43.4 Å². The van der Waals surface area contributed by atoms with Crippen LogP contribution < -0.4 is 15.8 Å². The van der Waals surface area contributed by atoms with Crippen molar-refractivity contribution in [3.05, 3.63) is 75.2 Å². The molecule has 2 saturated heterocycles. The van der Waals surface area contributed by atoms with E-state index in [-0.39, 0.29) is 17.5 Å². The number of nitrogens with zero attached hydrogens (tertiary/aromatic N) is 6. The Labute approximate surface area is 263 Å². The maximum atomic E-state index is 14.4. The van der Waals surface area contributed by atoms with Crippen molar-refractivity contribution in [3.8, 4) is 11.1 Å². The molecule has 4 aromatic rings. The van der Waals surface area contributed by atoms with Gasteiger partial charge in [0, 0.05) is 79.2 Å². The fourth-order valence-corrected chi connectivity index (χ4v) is 6.82. The quantitative estimate of drug-likeness (QED) is 0.294. The molecule has 2 fully saturated rings. The number of halogens is 1. The van der Waals surface area contributed by atoms with Crippen LogP contribution in [0, 0.1) is 13.8 Å². The Hall–Kier alpha value is -3.95. The topological polar surface area (TPSA) is 86.6 Å². The van der Waals surface area contributed by atoms with E-state index in [1.807, 2.05) is 36.9 Å². The lowest BCUT2D eigenvalue weighted by atomic mass is 9.98. The molecule has 9 nitrogen and oxygen atoms in total. The lowest BCUT2D eigenvalue weighted by molar-refractivity contribution is -0.132. The van der Waals surface area contributed by atoms with E-state index in [0.717, 1.165) is 55.7 Å². The number of carbonyl (C=O) groups excluding carboxylic acids is 1. The SMILES string of the molecule is CCC(=O)N1CCC[C@H](n2c(=O)c(-c3ccccc3Cl)c(C)c3cnc(Nc4ccc(N5CCN(C)CC5)c(C)c4)nc32)C1. The van der Waals surface area contributed by atoms with Crippen LogP contribution in [0.4, 0.5) is 17.3 Å². The van der Waals surface area contributed by atoms with Crippen molar-refractivity contribution in [1.29, 1.82) is 0 Å². The number of benzene rings is 2. The molecular formula is C34H40ClN7O2. The van der Waals surface area contributed by atoms with Gasteiger partial charge < -0.3 is 20.0 Å². The molecule has 0 aliphatic carbocycles. The monoisotopic (exact) mass is 613 g/mol. The number of fused-ring (bicyclic) bond motifs is 1. The summed E-state index contributed by atoms with van der Waals surface area (Å²) in [4.78, 5) is 43.4. The number of piperazine rings is 1. The summed E-state index contributed by atoms with van der Waals surface area (Å²) in [6.07, 6.45) is 3.81. The summed E-state index contributed by atoms with van der Waals surface area (Å²) in [5.41, 5.74) is 5.71. The third kappa shape index (κ3) is 5.78. The van der Waals surface area contributed by atoms with E-state index in [9.17, 15) is 9.59 Å². The fraction of sp³-hybridized carbons (Fsp3) is 0.412. The van der Waals surface area contributed by atoms with Crippen molar-refractivity contribution < 1.29 is 4.79 Å². The minimum atomic E-state index is -0.219. The summed E-state index contributed by atoms with van der Waals surface area (Å²) < 4.78 is 1.78. The highest BCUT2D eigenvalue weighted by atomic mass is 35.5. The minimum absolute atomic E-state index is 0.0952. The molecule has 230 valence electrons. The molecule has 2 aliphatic rings. The van der Waals surface area contributed by atoms with Crippen molar-refractivity contribution in [2.24, 2.45) is 0 Å². The summed E-state index contributed by atoms with van der Waals surface area (Å²) in [5, 5.41) is 4.68. The molecule has 0 radical (unpaired) electrons. The maximum absolute atomic E-state index is 14.4. The number of piperidine rings is 1. The van der Waals surface area contributed by atoms with Crippen molar-refractivity contribution in [2.45, 2.75) is 46.1 Å². The Kier molecular flexibility index (Phi) is 8.60. The third-order valence-electron chi connectivity index (χ3n) is 9.07. The molecule has 44 heavy (non-hydrogen) atoms. The van der Waals surface area contributed by atoms with Gasteiger partial charge in [0.05, 0.1) is 11.6 Å². The van der Waals surface area contributed by atoms with Crippen molar-refractivity contribution >= 4 is 45.9 Å². The number of likely N-dealkylation sites (tertiary alicyclic amines) is 1. The smallest absolute Gasteiger partial charge is 0.260 e. The van der Waals surface area contributed by atoms with Crippen LogP contribution in [0.2, 0.25) is 5.02 Å². The predicted octanol–water partition coefficient (Wildman–Crippen LogP) is 5.80. The predicted molar refractivity (Wildman–Crippen MR) is 178 cm³/mol. The normalized spacial score (nSPS) is 17.7. The summed E-state index contributed by atoms with van der Waals surface area (Å²) in [6.45, 7) is 11.2. The van der Waals surface area contributed by atoms with E-state index in [0.29, 0.717) is 47.3 Å². The van der Waals surface area contributed by atoms with E-state index in [4.69, 9.17) is 21.6 Å². The summed E-state index contributed by atoms with van der Waals surface area (Å²) in [7, 11) is 2.16. The van der Waals surface area contributed by atoms with E-state index < -0.39 is 0 Å². The number of hydrogen-bond donors (Lipinski definition) is 1. The van der Waals surface area contributed by atoms with E-state index in [1.165, 1.54) is 11.3 Å². The second-order valence-corrected chi connectivity index (χ2v) is 12.4. The Morgan fingerprint density at radius 2 is 1.84 bits per heavy atom. The number of amides is 1. The van der Waals surface area contributed by atoms with Gasteiger partial charge in [-0.25, -0.2) is 4.98 Å². The van der Waals surface area contributed by atoms with Gasteiger partial charge in [0.2, 0.25) is 11.9 Å². The lowest BCUT2D eigenvalue weighted by Gasteiger charge is -2.35. The molecule has 4 heterocycles. The van der Waals surface area contributed by atoms with E-state index in [1.54, 1.807) is 16.8 Å². The molecule has 2 aromatic carbocycles. The molecule has 6 rings (SSSR count). The first-order valence-corrected chi connectivity index (χ1v) is 15.9. The maximum Gasteiger partial charge on any atom is 0.260 e. The van der Waals surface area contributed by atoms with Crippen LogP contribution in [0.25, 0.3) is 22.2 Å². The van der Waals surface area contributed by atoms with Gasteiger partial charge in [-0.05, 0) is 69.1 Å². The average molecular weight is 614 g/mol. The van der Waals surface area contributed by atoms with E-state index >= 15 is 0 Å². The number of anilines is 3. The molecule has 1 atom stereocenters. The Balaban J connectivity index is 1.42. The number of aryl methyl sites for hydroxylation is 2. The number of aromatic nitrogens is 3. The first-order valence-electron chi connectivity index (χ1n) is 15.5. The number of likely N-dealkylation sites (N-methyl/N-ethyl adjacent to an activating group) is 1. The molecule has 0 spiro atoms. The van der Waals surface area contributed by atoms with Gasteiger partial charge in [0.1, 0.15) is 5.65 Å². The Morgan fingerprint density at radius 1 is 1.07 bits per heavy atom. The highest BCUT2D eigenvalue weighted by Crippen LogP contribution is 2.34. The van der Waals surface area contributed by atoms with Crippen LogP contribution in [0.3, 0.4) is 0 Å². The summed E-state index contributed by atoms with van der Waals surface area (Å²) in [5.74, 6) is 0.512. The molecule has 10 heteroatoms. The molecule has 2 aliphatic heterocycles. The third-order valence-corrected chi connectivity index (χ3v) is 9.39. The van der Waals surface area contributed by atoms with Crippen LogP contribution >= 0.6 is 11.6 Å². The standard InChI is InChI=1S/C34H40ClN7O2/c1-5-30(43)41-14-8-9-25(21-41)42-32-27(23(3)31(33(42)44)26-10-6-7-11-28(26)35)20-36-34(38-32)37-24-12-13-29(22(2)19-24)40-17-15-39(4)16-18-40/h6-7,10-13,19-20,25H,5,8-9,14-18,21H2,1-4H3,(H,36,37,38)/t25-/m0/s1. The number of pyridine rings is 1. The van der Waals surface area contributed by atoms with Crippen LogP contribution in [0.15, 0.2) is 53.5 Å². The fourth-order valence-electron chi connectivity index (χ4n) is 6.59. The zero-order valence-corrected chi connectivity index (χ0v) is 26.7. The molecule has 0 bridgehead atoms. The largest absolute Gasteiger partial charge is 0.369 e. The van der Waals surface area contributed by atoms with Crippen LogP contribution in [-0.4, -0.2) is 76.6 Å². The zero-order valence-electron chi connectivity index (χ0n) is 25.9. The van der Waals surface area contributed by atoms with Crippen LogP contribution in [0.5, 0.6) is 0 Å². The van der Waals surface area contributed by atoms with Crippen molar-refractivity contribution in [3.63, 3.8) is 0 Å². The van der Waals surface area contributed by atoms with Crippen molar-refractivity contribution in [2.75, 3.05) is 56.5 Å². The van der Waals surface area contributed by atoms with Crippen LogP contribution in [-0.2, 0) is 4.79 Å². The van der Waals surface area contributed by atoms with Gasteiger partial charge in [-0.1, -0.05) is 36.7 Å². The van der Waals surface area contributed by atoms with Gasteiger partial charge in [-0.3, -0.25) is 14.2 Å². The molecule has 1 N–H and O–H groups in total. The van der Waals surface area contributed by atoms with E-state index in [2.05, 4.69) is 47.3 Å². The van der Waals surface area contributed by atoms with Gasteiger partial charge in [0.15, 0.2) is 0 Å². The van der Waals surface area contributed by atoms with Gasteiger partial charge >= 0.3 is 0 Å². The highest BCUT2D eigenvalue weighted by Gasteiger charge is 2.29. The number of rotatable bonds is 6. The van der Waals surface area contributed by atoms with Crippen molar-refractivity contribution in [1.82, 2.24) is 24.3 Å². The van der Waals surface area contributed by atoms with Gasteiger partial charge in [-0.15, -0.1) is 0 Å². The van der Waals surface area contributed by atoms with Gasteiger partial charge in [-0.2, -0.15) is 4.98 Å². The molecule has 0 saturated carbocycles. The molecule has 0 unspecified atom stereocenters. The summed E-state index contributed by atoms with van der Waals surface area (Å²) >= 11 is 6.62. The number of nitrogens with one attached hydrogen (secondary N) is 1. The Morgan fingerprint density at radius 3 is 2.57 bits per heavy atom.